The van der Waals surface area contributed by atoms with E-state index in [-0.39, 0.29) is 55.2 Å². The Hall–Kier alpha value is -1.95. The summed E-state index contributed by atoms with van der Waals surface area (Å²) in [6, 6.07) is 0.215. The second kappa shape index (κ2) is 17.2. The van der Waals surface area contributed by atoms with Gasteiger partial charge in [-0.1, -0.05) is 44.9 Å². The van der Waals surface area contributed by atoms with Crippen molar-refractivity contribution in [2.45, 2.75) is 135 Å². The van der Waals surface area contributed by atoms with Crippen molar-refractivity contribution in [1.29, 1.82) is 0 Å². The monoisotopic (exact) mass is 725 g/mol. The van der Waals surface area contributed by atoms with Gasteiger partial charge in [0.15, 0.2) is 17.2 Å². The summed E-state index contributed by atoms with van der Waals surface area (Å²) in [6.07, 6.45) is 16.3. The number of ether oxygens (including phenoxy) is 2. The molecule has 0 amide bonds. The quantitative estimate of drug-likeness (QED) is 0.0496. The first-order valence-corrected chi connectivity index (χ1v) is 20.8. The van der Waals surface area contributed by atoms with Crippen molar-refractivity contribution in [3.8, 4) is 0 Å². The lowest BCUT2D eigenvalue weighted by atomic mass is 9.56. The van der Waals surface area contributed by atoms with Gasteiger partial charge in [0, 0.05) is 36.9 Å². The molecule has 0 spiro atoms. The Balaban J connectivity index is 1.23. The fourth-order valence-electron chi connectivity index (χ4n) is 11.1. The van der Waals surface area contributed by atoms with Crippen LogP contribution in [0.15, 0.2) is 23.3 Å². The number of Topliss-reactive ketones (excluding diaryl/α,β-unsaturated/α-hetero) is 2. The van der Waals surface area contributed by atoms with Crippen LogP contribution >= 0.6 is 0 Å². The van der Waals surface area contributed by atoms with Crippen molar-refractivity contribution in [3.63, 3.8) is 0 Å². The van der Waals surface area contributed by atoms with Crippen LogP contribution in [0.1, 0.15) is 111 Å². The molecular formula is C42H68N4O6. The first-order chi connectivity index (χ1) is 25.1. The topological polar surface area (TPSA) is 141 Å². The van der Waals surface area contributed by atoms with Crippen molar-refractivity contribution in [1.82, 2.24) is 21.3 Å². The average Bonchev–Trinajstić information content (AvgIpc) is 3.85. The minimum absolute atomic E-state index is 0.0424. The van der Waals surface area contributed by atoms with E-state index in [1.54, 1.807) is 0 Å². The van der Waals surface area contributed by atoms with Gasteiger partial charge in [0.1, 0.15) is 0 Å². The maximum atomic E-state index is 14.9. The molecule has 10 nitrogen and oxygen atoms in total. The molecule has 2 aliphatic heterocycles. The summed E-state index contributed by atoms with van der Waals surface area (Å²) in [5, 5.41) is 24.6. The highest BCUT2D eigenvalue weighted by Gasteiger charge is 2.87. The number of carbonyl (C=O) groups is 3. The minimum atomic E-state index is -1.93. The van der Waals surface area contributed by atoms with Gasteiger partial charge in [0.05, 0.1) is 19.4 Å². The summed E-state index contributed by atoms with van der Waals surface area (Å²) in [5.74, 6) is 0.121. The Bertz CT molecular complexity index is 1350. The van der Waals surface area contributed by atoms with Crippen LogP contribution in [0.2, 0.25) is 0 Å². The SMILES string of the molecule is CCN[C@@H]1C[C@@H]2C=CCC[C@H]2C[C@@H]1COC(=O)[C@]12O[C@@]1(CC(CO)=C(C)CCC1CCNC(NCNC)C1)C(=O)C1CCCC(CC(C)C)C1C2=O. The highest BCUT2D eigenvalue weighted by atomic mass is 16.7. The van der Waals surface area contributed by atoms with E-state index in [0.29, 0.717) is 35.7 Å². The van der Waals surface area contributed by atoms with Gasteiger partial charge in [-0.15, -0.1) is 0 Å². The molecule has 3 saturated carbocycles. The third kappa shape index (κ3) is 7.90. The number of hydrogen-bond acceptors (Lipinski definition) is 10. The molecule has 5 N–H and O–H groups in total. The van der Waals surface area contributed by atoms with Gasteiger partial charge in [0.2, 0.25) is 0 Å². The molecule has 4 aliphatic carbocycles. The third-order valence-electron chi connectivity index (χ3n) is 13.8. The summed E-state index contributed by atoms with van der Waals surface area (Å²) in [7, 11) is 1.93. The largest absolute Gasteiger partial charge is 0.463 e. The fourth-order valence-corrected chi connectivity index (χ4v) is 11.1. The van der Waals surface area contributed by atoms with E-state index in [0.717, 1.165) is 96.0 Å². The molecule has 6 rings (SSSR count). The maximum absolute atomic E-state index is 14.9. The third-order valence-corrected chi connectivity index (χ3v) is 13.8. The molecule has 52 heavy (non-hydrogen) atoms. The molecule has 292 valence electrons. The molecule has 2 heterocycles. The summed E-state index contributed by atoms with van der Waals surface area (Å²) in [4.78, 5) is 44.2. The van der Waals surface area contributed by atoms with E-state index >= 15 is 0 Å². The lowest BCUT2D eigenvalue weighted by Crippen LogP contribution is -2.60. The zero-order valence-corrected chi connectivity index (χ0v) is 32.6. The lowest BCUT2D eigenvalue weighted by molar-refractivity contribution is -0.161. The van der Waals surface area contributed by atoms with Crippen LogP contribution in [-0.2, 0) is 23.9 Å². The van der Waals surface area contributed by atoms with Crippen molar-refractivity contribution < 1.29 is 29.0 Å². The molecule has 11 atom stereocenters. The molecule has 0 aromatic rings. The van der Waals surface area contributed by atoms with E-state index in [1.807, 2.05) is 14.0 Å². The molecule has 2 saturated heterocycles. The van der Waals surface area contributed by atoms with Gasteiger partial charge < -0.3 is 30.5 Å². The number of hydrogen-bond donors (Lipinski definition) is 5. The minimum Gasteiger partial charge on any atom is -0.463 e. The Morgan fingerprint density at radius 3 is 2.67 bits per heavy atom. The van der Waals surface area contributed by atoms with Crippen LogP contribution in [-0.4, -0.2) is 86.1 Å². The van der Waals surface area contributed by atoms with Gasteiger partial charge in [-0.25, -0.2) is 4.79 Å². The molecule has 0 radical (unpaired) electrons. The molecular weight excluding hydrogens is 656 g/mol. The predicted octanol–water partition coefficient (Wildman–Crippen LogP) is 4.81. The summed E-state index contributed by atoms with van der Waals surface area (Å²) in [5.41, 5.74) is -1.81. The van der Waals surface area contributed by atoms with E-state index in [1.165, 1.54) is 0 Å². The molecule has 10 heteroatoms. The number of piperidine rings is 1. The number of carbonyl (C=O) groups excluding carboxylic acids is 3. The Kier molecular flexibility index (Phi) is 13.2. The van der Waals surface area contributed by atoms with Gasteiger partial charge in [-0.2, -0.15) is 0 Å². The zero-order valence-electron chi connectivity index (χ0n) is 32.6. The highest BCUT2D eigenvalue weighted by molar-refractivity contribution is 6.23. The van der Waals surface area contributed by atoms with Gasteiger partial charge in [-0.3, -0.25) is 14.9 Å². The van der Waals surface area contributed by atoms with Crippen LogP contribution in [0.3, 0.4) is 0 Å². The summed E-state index contributed by atoms with van der Waals surface area (Å²) in [6.45, 7) is 10.9. The number of esters is 1. The maximum Gasteiger partial charge on any atom is 0.350 e. The molecule has 0 bridgehead atoms. The normalized spacial score (nSPS) is 39.0. The van der Waals surface area contributed by atoms with Crippen LogP contribution in [0.4, 0.5) is 0 Å². The number of ketones is 2. The van der Waals surface area contributed by atoms with Gasteiger partial charge in [-0.05, 0) is 133 Å². The average molecular weight is 725 g/mol. The second-order valence-electron chi connectivity index (χ2n) is 17.6. The summed E-state index contributed by atoms with van der Waals surface area (Å²) >= 11 is 0. The van der Waals surface area contributed by atoms with Crippen LogP contribution in [0.25, 0.3) is 0 Å². The van der Waals surface area contributed by atoms with Crippen molar-refractivity contribution >= 4 is 17.5 Å². The molecule has 5 unspecified atom stereocenters. The van der Waals surface area contributed by atoms with Crippen molar-refractivity contribution in [2.75, 3.05) is 40.0 Å². The van der Waals surface area contributed by atoms with E-state index in [9.17, 15) is 19.5 Å². The number of rotatable bonds is 16. The molecule has 5 fully saturated rings. The van der Waals surface area contributed by atoms with Gasteiger partial charge >= 0.3 is 5.97 Å². The van der Waals surface area contributed by atoms with Crippen molar-refractivity contribution in [3.05, 3.63) is 23.3 Å². The predicted molar refractivity (Wildman–Crippen MR) is 202 cm³/mol. The molecule has 6 aliphatic rings. The standard InChI is InChI=1S/C42H68N4O6/c1-6-44-35-21-30-11-8-7-10-29(30)20-32(35)24-51-40(50)42-39(49)37-31(18-26(2)3)12-9-13-34(37)38(48)41(42,52-42)22-33(23-47)27(4)14-15-28-16-17-45-36(19-28)46-25-43-5/h8,11,26,28-32,34-37,43-47H,6-7,9-10,12-25H2,1-5H3/t28?,29-,30-,31?,32+,34?,35+,36?,37?,41-,42-/m0/s1. The van der Waals surface area contributed by atoms with E-state index < -0.39 is 29.0 Å². The number of aliphatic hydroxyl groups is 1. The Labute approximate surface area is 312 Å². The van der Waals surface area contributed by atoms with E-state index in [2.05, 4.69) is 54.2 Å². The highest BCUT2D eigenvalue weighted by Crippen LogP contribution is 2.63. The number of allylic oxidation sites excluding steroid dienone is 3. The molecule has 0 aromatic carbocycles. The molecule has 0 aromatic heterocycles. The number of aliphatic hydroxyl groups excluding tert-OH is 1. The van der Waals surface area contributed by atoms with Gasteiger partial charge in [0.25, 0.3) is 5.60 Å². The van der Waals surface area contributed by atoms with Crippen LogP contribution in [0, 0.1) is 47.3 Å². The lowest BCUT2D eigenvalue weighted by Gasteiger charge is -2.43. The Morgan fingerprint density at radius 1 is 1.10 bits per heavy atom. The number of fused-ring (bicyclic) bond motifs is 3. The smallest absolute Gasteiger partial charge is 0.350 e. The number of epoxide rings is 1. The van der Waals surface area contributed by atoms with E-state index in [4.69, 9.17) is 9.47 Å². The Morgan fingerprint density at radius 2 is 1.92 bits per heavy atom. The number of nitrogens with one attached hydrogen (secondary N) is 4. The summed E-state index contributed by atoms with van der Waals surface area (Å²) < 4.78 is 12.7. The van der Waals surface area contributed by atoms with Crippen LogP contribution < -0.4 is 21.3 Å². The zero-order chi connectivity index (χ0) is 37.0. The second-order valence-corrected chi connectivity index (χ2v) is 17.6. The first kappa shape index (κ1) is 39.7. The van der Waals surface area contributed by atoms with Crippen molar-refractivity contribution in [2.24, 2.45) is 47.3 Å². The first-order valence-electron chi connectivity index (χ1n) is 20.8. The fraction of sp³-hybridized carbons (Fsp3) is 0.833. The van der Waals surface area contributed by atoms with Crippen LogP contribution in [0.5, 0.6) is 0 Å².